The molecule has 3 nitrogen and oxygen atoms in total. The van der Waals surface area contributed by atoms with Crippen LogP contribution in [0.1, 0.15) is 47.0 Å². The van der Waals surface area contributed by atoms with Gasteiger partial charge in [0.15, 0.2) is 0 Å². The van der Waals surface area contributed by atoms with Crippen molar-refractivity contribution in [1.82, 2.24) is 0 Å². The van der Waals surface area contributed by atoms with Crippen molar-refractivity contribution >= 4 is 11.9 Å². The van der Waals surface area contributed by atoms with Gasteiger partial charge in [0.1, 0.15) is 0 Å². The molecule has 1 saturated heterocycles. The normalized spacial score (nSPS) is 43.7. The highest BCUT2D eigenvalue weighted by molar-refractivity contribution is 6.02. The summed E-state index contributed by atoms with van der Waals surface area (Å²) in [5, 5.41) is 0. The van der Waals surface area contributed by atoms with Gasteiger partial charge in [-0.2, -0.15) is 0 Å². The molecule has 2 aliphatic rings. The number of carbonyl (C=O) groups excluding carboxylic acids is 2. The van der Waals surface area contributed by atoms with E-state index in [0.29, 0.717) is 0 Å². The van der Waals surface area contributed by atoms with Gasteiger partial charge in [-0.25, -0.2) is 0 Å². The summed E-state index contributed by atoms with van der Waals surface area (Å²) < 4.78 is 4.87. The smallest absolute Gasteiger partial charge is 0.321 e. The van der Waals surface area contributed by atoms with Crippen LogP contribution in [0, 0.1) is 16.2 Å². The van der Waals surface area contributed by atoms with Crippen LogP contribution in [0.15, 0.2) is 0 Å². The molecule has 1 heterocycles. The van der Waals surface area contributed by atoms with Crippen LogP contribution in [0.25, 0.3) is 0 Å². The highest BCUT2D eigenvalue weighted by atomic mass is 16.6. The molecule has 0 aromatic carbocycles. The number of ether oxygens (including phenoxy) is 1. The van der Waals surface area contributed by atoms with Crippen molar-refractivity contribution in [1.29, 1.82) is 0 Å². The summed E-state index contributed by atoms with van der Waals surface area (Å²) in [6, 6.07) is 0. The van der Waals surface area contributed by atoms with E-state index in [1.54, 1.807) is 0 Å². The van der Waals surface area contributed by atoms with Crippen LogP contribution in [-0.2, 0) is 14.3 Å². The third-order valence-electron chi connectivity index (χ3n) is 4.98. The van der Waals surface area contributed by atoms with E-state index >= 15 is 0 Å². The lowest BCUT2D eigenvalue weighted by Crippen LogP contribution is -2.53. The van der Waals surface area contributed by atoms with Gasteiger partial charge in [-0.05, 0) is 32.1 Å². The Kier molecular flexibility index (Phi) is 1.87. The van der Waals surface area contributed by atoms with Crippen molar-refractivity contribution in [2.45, 2.75) is 47.0 Å². The van der Waals surface area contributed by atoms with E-state index in [-0.39, 0.29) is 17.4 Å². The van der Waals surface area contributed by atoms with E-state index in [2.05, 4.69) is 13.8 Å². The molecule has 1 aliphatic carbocycles. The lowest BCUT2D eigenvalue weighted by Gasteiger charge is -2.50. The molecule has 2 unspecified atom stereocenters. The van der Waals surface area contributed by atoms with E-state index in [1.165, 1.54) is 0 Å². The van der Waals surface area contributed by atoms with Gasteiger partial charge in [0.25, 0.3) is 0 Å². The first-order valence-electron chi connectivity index (χ1n) is 5.52. The monoisotopic (exact) mass is 210 g/mol. The minimum atomic E-state index is -0.657. The van der Waals surface area contributed by atoms with E-state index < -0.39 is 10.8 Å². The molecular formula is C12H18O3. The second-order valence-corrected chi connectivity index (χ2v) is 5.87. The van der Waals surface area contributed by atoms with E-state index in [9.17, 15) is 9.59 Å². The SMILES string of the molecule is CC1(C)CCCC2(C)C(=O)OC(=O)C12C. The minimum Gasteiger partial charge on any atom is -0.392 e. The molecule has 0 aromatic rings. The van der Waals surface area contributed by atoms with Gasteiger partial charge in [0.2, 0.25) is 0 Å². The molecule has 84 valence electrons. The first-order chi connectivity index (χ1) is 6.76. The summed E-state index contributed by atoms with van der Waals surface area (Å²) in [5.74, 6) is -0.664. The Morgan fingerprint density at radius 3 is 2.13 bits per heavy atom. The fourth-order valence-electron chi connectivity index (χ4n) is 3.24. The van der Waals surface area contributed by atoms with Crippen molar-refractivity contribution in [2.75, 3.05) is 0 Å². The Balaban J connectivity index is 2.60. The molecule has 0 radical (unpaired) electrons. The molecule has 0 N–H and O–H groups in total. The number of esters is 2. The van der Waals surface area contributed by atoms with Crippen molar-refractivity contribution in [3.8, 4) is 0 Å². The Hall–Kier alpha value is -0.860. The standard InChI is InChI=1S/C12H18O3/c1-10(2)6-5-7-11(3)8(13)15-9(14)12(10,11)4/h5-7H2,1-4H3. The second-order valence-electron chi connectivity index (χ2n) is 5.87. The molecule has 2 fully saturated rings. The summed E-state index contributed by atoms with van der Waals surface area (Å²) in [6.07, 6.45) is 2.72. The fraction of sp³-hybridized carbons (Fsp3) is 0.833. The summed E-state index contributed by atoms with van der Waals surface area (Å²) in [7, 11) is 0. The molecule has 0 amide bonds. The van der Waals surface area contributed by atoms with Gasteiger partial charge in [-0.3, -0.25) is 9.59 Å². The Labute approximate surface area is 90.2 Å². The first kappa shape index (κ1) is 10.7. The average Bonchev–Trinajstić information content (AvgIpc) is 2.28. The van der Waals surface area contributed by atoms with Crippen LogP contribution >= 0.6 is 0 Å². The molecule has 1 aliphatic heterocycles. The maximum absolute atomic E-state index is 11.9. The lowest BCUT2D eigenvalue weighted by atomic mass is 9.48. The largest absolute Gasteiger partial charge is 0.392 e. The van der Waals surface area contributed by atoms with E-state index in [0.717, 1.165) is 19.3 Å². The topological polar surface area (TPSA) is 43.4 Å². The predicted molar refractivity (Wildman–Crippen MR) is 54.9 cm³/mol. The zero-order chi connectivity index (χ0) is 11.5. The molecular weight excluding hydrogens is 192 g/mol. The summed E-state index contributed by atoms with van der Waals surface area (Å²) >= 11 is 0. The third-order valence-corrected chi connectivity index (χ3v) is 4.98. The van der Waals surface area contributed by atoms with Crippen LogP contribution in [-0.4, -0.2) is 11.9 Å². The number of rotatable bonds is 0. The van der Waals surface area contributed by atoms with Gasteiger partial charge < -0.3 is 4.74 Å². The molecule has 15 heavy (non-hydrogen) atoms. The molecule has 2 rings (SSSR count). The van der Waals surface area contributed by atoms with Crippen molar-refractivity contribution in [3.05, 3.63) is 0 Å². The van der Waals surface area contributed by atoms with Gasteiger partial charge in [0, 0.05) is 0 Å². The van der Waals surface area contributed by atoms with E-state index in [4.69, 9.17) is 4.74 Å². The zero-order valence-corrected chi connectivity index (χ0v) is 9.85. The van der Waals surface area contributed by atoms with Gasteiger partial charge >= 0.3 is 11.9 Å². The van der Waals surface area contributed by atoms with Gasteiger partial charge in [0.05, 0.1) is 10.8 Å². The Morgan fingerprint density at radius 1 is 1.00 bits per heavy atom. The van der Waals surface area contributed by atoms with Crippen LogP contribution in [0.3, 0.4) is 0 Å². The van der Waals surface area contributed by atoms with Crippen LogP contribution < -0.4 is 0 Å². The molecule has 0 bridgehead atoms. The van der Waals surface area contributed by atoms with Crippen molar-refractivity contribution in [3.63, 3.8) is 0 Å². The summed E-state index contributed by atoms with van der Waals surface area (Å²) in [6.45, 7) is 7.88. The number of fused-ring (bicyclic) bond motifs is 1. The first-order valence-corrected chi connectivity index (χ1v) is 5.52. The number of carbonyl (C=O) groups is 2. The molecule has 1 saturated carbocycles. The molecule has 0 spiro atoms. The van der Waals surface area contributed by atoms with Gasteiger partial charge in [-0.1, -0.05) is 20.3 Å². The van der Waals surface area contributed by atoms with Crippen molar-refractivity contribution < 1.29 is 14.3 Å². The molecule has 2 atom stereocenters. The highest BCUT2D eigenvalue weighted by Gasteiger charge is 2.70. The Morgan fingerprint density at radius 2 is 1.60 bits per heavy atom. The maximum atomic E-state index is 11.9. The minimum absolute atomic E-state index is 0.163. The summed E-state index contributed by atoms with van der Waals surface area (Å²) in [4.78, 5) is 23.7. The number of hydrogen-bond donors (Lipinski definition) is 0. The average molecular weight is 210 g/mol. The lowest BCUT2D eigenvalue weighted by molar-refractivity contribution is -0.157. The number of hydrogen-bond acceptors (Lipinski definition) is 3. The molecule has 0 aromatic heterocycles. The zero-order valence-electron chi connectivity index (χ0n) is 9.85. The number of cyclic esters (lactones) is 2. The van der Waals surface area contributed by atoms with Crippen LogP contribution in [0.5, 0.6) is 0 Å². The summed E-state index contributed by atoms with van der Waals surface area (Å²) in [5.41, 5.74) is -1.44. The quantitative estimate of drug-likeness (QED) is 0.455. The van der Waals surface area contributed by atoms with Crippen molar-refractivity contribution in [2.24, 2.45) is 16.2 Å². The van der Waals surface area contributed by atoms with Crippen LogP contribution in [0.2, 0.25) is 0 Å². The molecule has 3 heteroatoms. The van der Waals surface area contributed by atoms with Gasteiger partial charge in [-0.15, -0.1) is 0 Å². The van der Waals surface area contributed by atoms with E-state index in [1.807, 2.05) is 13.8 Å². The second kappa shape index (κ2) is 2.63. The Bertz CT molecular complexity index is 345. The predicted octanol–water partition coefficient (Wildman–Crippen LogP) is 2.29. The van der Waals surface area contributed by atoms with Crippen LogP contribution in [0.4, 0.5) is 0 Å². The fourth-order valence-corrected chi connectivity index (χ4v) is 3.24. The third kappa shape index (κ3) is 0.963. The highest BCUT2D eigenvalue weighted by Crippen LogP contribution is 2.63. The maximum Gasteiger partial charge on any atom is 0.321 e.